The Hall–Kier alpha value is -3.85. The lowest BCUT2D eigenvalue weighted by molar-refractivity contribution is 0.0999. The van der Waals surface area contributed by atoms with E-state index in [1.807, 2.05) is 24.3 Å². The fourth-order valence-corrected chi connectivity index (χ4v) is 2.63. The summed E-state index contributed by atoms with van der Waals surface area (Å²) in [6.45, 7) is 0. The van der Waals surface area contributed by atoms with Gasteiger partial charge in [-0.2, -0.15) is 0 Å². The van der Waals surface area contributed by atoms with Gasteiger partial charge in [0.1, 0.15) is 11.4 Å². The number of H-pyrrole nitrogens is 1. The molecule has 2 heterocycles. The lowest BCUT2D eigenvalue weighted by atomic mass is 10.0. The Labute approximate surface area is 156 Å². The van der Waals surface area contributed by atoms with Crippen molar-refractivity contribution < 1.29 is 4.79 Å². The predicted octanol–water partition coefficient (Wildman–Crippen LogP) is 2.00. The van der Waals surface area contributed by atoms with E-state index in [1.54, 1.807) is 49.7 Å². The Morgan fingerprint density at radius 2 is 1.81 bits per heavy atom. The number of aromatic nitrogens is 2. The summed E-state index contributed by atoms with van der Waals surface area (Å²) in [6.07, 6.45) is 4.97. The SMILES string of the molecule is CN(C)c1[nH]cc(-c2ccc(C#Cc3cccnc3)cc2)c(=O)c1C(N)=O. The minimum Gasteiger partial charge on any atom is -0.365 e. The van der Waals surface area contributed by atoms with E-state index in [4.69, 9.17) is 5.73 Å². The van der Waals surface area contributed by atoms with Crippen LogP contribution in [0.4, 0.5) is 5.82 Å². The minimum atomic E-state index is -0.763. The number of nitrogens with one attached hydrogen (secondary N) is 1. The van der Waals surface area contributed by atoms with Gasteiger partial charge in [-0.1, -0.05) is 24.0 Å². The Morgan fingerprint density at radius 3 is 2.41 bits per heavy atom. The summed E-state index contributed by atoms with van der Waals surface area (Å²) in [6, 6.07) is 10.9. The van der Waals surface area contributed by atoms with E-state index in [1.165, 1.54) is 0 Å². The molecule has 0 radical (unpaired) electrons. The average molecular weight is 358 g/mol. The van der Waals surface area contributed by atoms with Crippen molar-refractivity contribution in [1.82, 2.24) is 9.97 Å². The molecule has 134 valence electrons. The van der Waals surface area contributed by atoms with Gasteiger partial charge in [0.25, 0.3) is 5.91 Å². The second kappa shape index (κ2) is 7.58. The van der Waals surface area contributed by atoms with Gasteiger partial charge < -0.3 is 15.6 Å². The van der Waals surface area contributed by atoms with Gasteiger partial charge >= 0.3 is 0 Å². The van der Waals surface area contributed by atoms with Gasteiger partial charge in [-0.3, -0.25) is 14.6 Å². The van der Waals surface area contributed by atoms with Gasteiger partial charge in [-0.05, 0) is 29.8 Å². The number of nitrogens with two attached hydrogens (primary N) is 1. The van der Waals surface area contributed by atoms with Crippen molar-refractivity contribution in [2.75, 3.05) is 19.0 Å². The molecule has 0 atom stereocenters. The first-order valence-corrected chi connectivity index (χ1v) is 8.22. The van der Waals surface area contributed by atoms with Gasteiger partial charge in [0.05, 0.1) is 0 Å². The summed E-state index contributed by atoms with van der Waals surface area (Å²) < 4.78 is 0. The van der Waals surface area contributed by atoms with E-state index >= 15 is 0 Å². The summed E-state index contributed by atoms with van der Waals surface area (Å²) in [5.41, 5.74) is 7.63. The molecule has 6 heteroatoms. The van der Waals surface area contributed by atoms with Crippen LogP contribution >= 0.6 is 0 Å². The molecule has 3 rings (SSSR count). The van der Waals surface area contributed by atoms with Crippen molar-refractivity contribution in [2.24, 2.45) is 5.73 Å². The average Bonchev–Trinajstić information content (AvgIpc) is 2.67. The highest BCUT2D eigenvalue weighted by Gasteiger charge is 2.18. The topological polar surface area (TPSA) is 92.1 Å². The van der Waals surface area contributed by atoms with Crippen LogP contribution in [0.25, 0.3) is 11.1 Å². The van der Waals surface area contributed by atoms with Crippen LogP contribution in [0.3, 0.4) is 0 Å². The maximum Gasteiger partial charge on any atom is 0.256 e. The molecule has 1 amide bonds. The molecule has 6 nitrogen and oxygen atoms in total. The second-order valence-electron chi connectivity index (χ2n) is 6.08. The molecule has 0 saturated heterocycles. The highest BCUT2D eigenvalue weighted by atomic mass is 16.2. The van der Waals surface area contributed by atoms with Crippen LogP contribution < -0.4 is 16.1 Å². The van der Waals surface area contributed by atoms with Crippen LogP contribution in [0, 0.1) is 11.8 Å². The van der Waals surface area contributed by atoms with Crippen molar-refractivity contribution >= 4 is 11.7 Å². The lowest BCUT2D eigenvalue weighted by Crippen LogP contribution is -2.28. The molecule has 0 bridgehead atoms. The highest BCUT2D eigenvalue weighted by molar-refractivity contribution is 5.98. The Bertz CT molecular complexity index is 1090. The fraction of sp³-hybridized carbons (Fsp3) is 0.0952. The first-order chi connectivity index (χ1) is 13.0. The third kappa shape index (κ3) is 3.88. The molecule has 0 unspecified atom stereocenters. The van der Waals surface area contributed by atoms with Crippen LogP contribution in [0.2, 0.25) is 0 Å². The normalized spacial score (nSPS) is 10.0. The standard InChI is InChI=1S/C21H18N4O2/c1-25(2)21-18(20(22)27)19(26)17(13-24-21)16-9-7-14(8-10-16)5-6-15-4-3-11-23-12-15/h3-4,7-13H,1-2H3,(H2,22,27)(H,24,26). The van der Waals surface area contributed by atoms with Crippen molar-refractivity contribution in [3.05, 3.63) is 81.9 Å². The van der Waals surface area contributed by atoms with Crippen molar-refractivity contribution in [2.45, 2.75) is 0 Å². The summed E-state index contributed by atoms with van der Waals surface area (Å²) in [5.74, 6) is 5.70. The predicted molar refractivity (Wildman–Crippen MR) is 106 cm³/mol. The molecular formula is C21H18N4O2. The molecule has 0 aliphatic carbocycles. The number of carbonyl (C=O) groups excluding carboxylic acids is 1. The molecule has 1 aromatic carbocycles. The Morgan fingerprint density at radius 1 is 1.11 bits per heavy atom. The number of amides is 1. The van der Waals surface area contributed by atoms with Gasteiger partial charge in [-0.15, -0.1) is 0 Å². The zero-order valence-corrected chi connectivity index (χ0v) is 15.0. The number of nitrogens with zero attached hydrogens (tertiary/aromatic N) is 2. The number of anilines is 1. The van der Waals surface area contributed by atoms with E-state index in [0.29, 0.717) is 16.9 Å². The summed E-state index contributed by atoms with van der Waals surface area (Å²) in [4.78, 5) is 33.1. The van der Waals surface area contributed by atoms with Crippen LogP contribution in [0.1, 0.15) is 21.5 Å². The summed E-state index contributed by atoms with van der Waals surface area (Å²) >= 11 is 0. The molecule has 0 saturated carbocycles. The quantitative estimate of drug-likeness (QED) is 0.701. The van der Waals surface area contributed by atoms with Crippen molar-refractivity contribution in [1.29, 1.82) is 0 Å². The molecule has 3 aromatic rings. The van der Waals surface area contributed by atoms with E-state index in [2.05, 4.69) is 21.8 Å². The molecule has 2 aromatic heterocycles. The van der Waals surface area contributed by atoms with Crippen molar-refractivity contribution in [3.63, 3.8) is 0 Å². The number of hydrogen-bond donors (Lipinski definition) is 2. The molecule has 0 aliphatic rings. The van der Waals surface area contributed by atoms with E-state index < -0.39 is 11.3 Å². The molecule has 0 fully saturated rings. The van der Waals surface area contributed by atoms with Crippen molar-refractivity contribution in [3.8, 4) is 23.0 Å². The zero-order valence-electron chi connectivity index (χ0n) is 15.0. The van der Waals surface area contributed by atoms with Gasteiger partial charge in [0, 0.05) is 49.4 Å². The molecular weight excluding hydrogens is 340 g/mol. The minimum absolute atomic E-state index is 0.0575. The number of pyridine rings is 2. The number of carbonyl (C=O) groups is 1. The second-order valence-corrected chi connectivity index (χ2v) is 6.08. The molecule has 3 N–H and O–H groups in total. The first kappa shape index (κ1) is 18.0. The summed E-state index contributed by atoms with van der Waals surface area (Å²) in [5, 5.41) is 0. The zero-order chi connectivity index (χ0) is 19.4. The lowest BCUT2D eigenvalue weighted by Gasteiger charge is -2.16. The number of aromatic amines is 1. The summed E-state index contributed by atoms with van der Waals surface area (Å²) in [7, 11) is 3.46. The Kier molecular flexibility index (Phi) is 5.04. The number of hydrogen-bond acceptors (Lipinski definition) is 4. The van der Waals surface area contributed by atoms with Gasteiger partial charge in [-0.25, -0.2) is 0 Å². The molecule has 0 spiro atoms. The van der Waals surface area contributed by atoms with E-state index in [9.17, 15) is 9.59 Å². The maximum absolute atomic E-state index is 12.7. The third-order valence-corrected chi connectivity index (χ3v) is 3.96. The van der Waals surface area contributed by atoms with Gasteiger partial charge in [0.2, 0.25) is 5.43 Å². The first-order valence-electron chi connectivity index (χ1n) is 8.22. The Balaban J connectivity index is 1.96. The number of benzene rings is 1. The maximum atomic E-state index is 12.7. The van der Waals surface area contributed by atoms with Crippen LogP contribution in [-0.4, -0.2) is 30.0 Å². The molecule has 0 aliphatic heterocycles. The van der Waals surface area contributed by atoms with E-state index in [-0.39, 0.29) is 5.56 Å². The highest BCUT2D eigenvalue weighted by Crippen LogP contribution is 2.20. The largest absolute Gasteiger partial charge is 0.365 e. The monoisotopic (exact) mass is 358 g/mol. The fourth-order valence-electron chi connectivity index (χ4n) is 2.63. The number of primary amides is 1. The smallest absolute Gasteiger partial charge is 0.256 e. The van der Waals surface area contributed by atoms with Crippen LogP contribution in [-0.2, 0) is 0 Å². The number of rotatable bonds is 3. The van der Waals surface area contributed by atoms with Gasteiger partial charge in [0.15, 0.2) is 0 Å². The van der Waals surface area contributed by atoms with Crippen LogP contribution in [0.5, 0.6) is 0 Å². The van der Waals surface area contributed by atoms with Crippen LogP contribution in [0.15, 0.2) is 59.8 Å². The third-order valence-electron chi connectivity index (χ3n) is 3.96. The molecule has 27 heavy (non-hydrogen) atoms. The van der Waals surface area contributed by atoms with E-state index in [0.717, 1.165) is 11.1 Å².